The van der Waals surface area contributed by atoms with Crippen molar-refractivity contribution in [2.75, 3.05) is 12.5 Å². The second kappa shape index (κ2) is 5.88. The minimum Gasteiger partial charge on any atom is -0.448 e. The number of nitrogens with two attached hydrogens (primary N) is 1. The van der Waals surface area contributed by atoms with Gasteiger partial charge in [0.15, 0.2) is 0 Å². The van der Waals surface area contributed by atoms with E-state index in [1.54, 1.807) is 10.6 Å². The van der Waals surface area contributed by atoms with Crippen molar-refractivity contribution in [3.63, 3.8) is 0 Å². The Morgan fingerprint density at radius 2 is 2.32 bits per heavy atom. The maximum absolute atomic E-state index is 13.3. The number of carbonyl (C=O) groups excluding carboxylic acids is 1. The molecule has 0 aliphatic rings. The minimum absolute atomic E-state index is 0.104. The second-order valence-electron chi connectivity index (χ2n) is 3.92. The molecule has 2 rings (SSSR count). The fraction of sp³-hybridized carbons (Fsp3) is 0.333. The largest absolute Gasteiger partial charge is 0.448 e. The molecule has 0 unspecified atom stereocenters. The molecule has 0 saturated heterocycles. The summed E-state index contributed by atoms with van der Waals surface area (Å²) in [6.07, 6.45) is -0.288. The number of halogens is 2. The molecule has 0 spiro atoms. The van der Waals surface area contributed by atoms with E-state index in [0.29, 0.717) is 29.9 Å². The highest BCUT2D eigenvalue weighted by atomic mass is 35.5. The highest BCUT2D eigenvalue weighted by molar-refractivity contribution is 6.17. The molecule has 2 N–H and O–H groups in total. The quantitative estimate of drug-likeness (QED) is 0.855. The molecular formula is C12H13ClFN3O2. The molecule has 0 atom stereocenters. The number of fused-ring (bicyclic) bond motifs is 1. The summed E-state index contributed by atoms with van der Waals surface area (Å²) >= 11 is 5.72. The molecule has 1 aromatic carbocycles. The predicted octanol–water partition coefficient (Wildman–Crippen LogP) is 2.05. The van der Waals surface area contributed by atoms with Gasteiger partial charge >= 0.3 is 6.09 Å². The van der Waals surface area contributed by atoms with Gasteiger partial charge in [0.2, 0.25) is 0 Å². The average Bonchev–Trinajstić information content (AvgIpc) is 2.67. The lowest BCUT2D eigenvalue weighted by Crippen LogP contribution is -2.17. The van der Waals surface area contributed by atoms with Crippen LogP contribution in [0.25, 0.3) is 11.0 Å². The number of ether oxygens (including phenoxy) is 1. The van der Waals surface area contributed by atoms with Gasteiger partial charge in [0, 0.05) is 12.3 Å². The monoisotopic (exact) mass is 285 g/mol. The maximum Gasteiger partial charge on any atom is 0.404 e. The summed E-state index contributed by atoms with van der Waals surface area (Å²) in [7, 11) is 0. The van der Waals surface area contributed by atoms with E-state index in [1.165, 1.54) is 12.1 Å². The van der Waals surface area contributed by atoms with E-state index >= 15 is 0 Å². The fourth-order valence-electron chi connectivity index (χ4n) is 1.91. The first-order valence-corrected chi connectivity index (χ1v) is 6.28. The van der Waals surface area contributed by atoms with Crippen LogP contribution >= 0.6 is 11.6 Å². The summed E-state index contributed by atoms with van der Waals surface area (Å²) in [4.78, 5) is 14.9. The topological polar surface area (TPSA) is 70.1 Å². The molecule has 2 aromatic rings. The standard InChI is InChI=1S/C12H13ClFN3O2/c13-4-3-11-16-9-2-1-8(14)7-10(9)17(11)5-6-19-12(15)18/h1-2,7H,3-6H2,(H2,15,18). The van der Waals surface area contributed by atoms with Crippen LogP contribution in [0.15, 0.2) is 18.2 Å². The number of carbonyl (C=O) groups is 1. The number of alkyl halides is 1. The number of imidazole rings is 1. The van der Waals surface area contributed by atoms with Crippen LogP contribution in [-0.4, -0.2) is 28.1 Å². The van der Waals surface area contributed by atoms with Gasteiger partial charge in [-0.15, -0.1) is 11.6 Å². The van der Waals surface area contributed by atoms with Crippen LogP contribution in [0.1, 0.15) is 5.82 Å². The van der Waals surface area contributed by atoms with Crippen molar-refractivity contribution >= 4 is 28.7 Å². The van der Waals surface area contributed by atoms with Crippen molar-refractivity contribution in [1.82, 2.24) is 9.55 Å². The van der Waals surface area contributed by atoms with Crippen molar-refractivity contribution in [2.45, 2.75) is 13.0 Å². The zero-order valence-electron chi connectivity index (χ0n) is 10.1. The lowest BCUT2D eigenvalue weighted by Gasteiger charge is -2.08. The molecular weight excluding hydrogens is 273 g/mol. The summed E-state index contributed by atoms with van der Waals surface area (Å²) in [5.41, 5.74) is 6.23. The first kappa shape index (κ1) is 13.6. The van der Waals surface area contributed by atoms with Crippen LogP contribution in [0, 0.1) is 5.82 Å². The van der Waals surface area contributed by atoms with Crippen molar-refractivity contribution in [2.24, 2.45) is 5.73 Å². The Labute approximate surface area is 114 Å². The van der Waals surface area contributed by atoms with Gasteiger partial charge in [0.25, 0.3) is 0 Å². The van der Waals surface area contributed by atoms with Gasteiger partial charge in [-0.3, -0.25) is 0 Å². The first-order chi connectivity index (χ1) is 9.11. The molecule has 0 aliphatic heterocycles. The lowest BCUT2D eigenvalue weighted by atomic mass is 10.3. The second-order valence-corrected chi connectivity index (χ2v) is 4.30. The molecule has 0 aliphatic carbocycles. The Hall–Kier alpha value is -1.82. The van der Waals surface area contributed by atoms with Gasteiger partial charge in [-0.05, 0) is 18.2 Å². The predicted molar refractivity (Wildman–Crippen MR) is 69.7 cm³/mol. The van der Waals surface area contributed by atoms with E-state index in [1.807, 2.05) is 0 Å². The minimum atomic E-state index is -0.838. The van der Waals surface area contributed by atoms with E-state index in [-0.39, 0.29) is 12.4 Å². The van der Waals surface area contributed by atoms with Crippen LogP contribution in [0.3, 0.4) is 0 Å². The van der Waals surface area contributed by atoms with Crippen molar-refractivity contribution < 1.29 is 13.9 Å². The van der Waals surface area contributed by atoms with Crippen molar-refractivity contribution in [1.29, 1.82) is 0 Å². The first-order valence-electron chi connectivity index (χ1n) is 5.74. The van der Waals surface area contributed by atoms with Gasteiger partial charge < -0.3 is 15.0 Å². The molecule has 0 fully saturated rings. The van der Waals surface area contributed by atoms with Gasteiger partial charge in [-0.1, -0.05) is 0 Å². The molecule has 5 nitrogen and oxygen atoms in total. The molecule has 7 heteroatoms. The molecule has 0 saturated carbocycles. The highest BCUT2D eigenvalue weighted by Gasteiger charge is 2.11. The molecule has 0 bridgehead atoms. The van der Waals surface area contributed by atoms with E-state index in [9.17, 15) is 9.18 Å². The van der Waals surface area contributed by atoms with Crippen LogP contribution in [0.4, 0.5) is 9.18 Å². The van der Waals surface area contributed by atoms with E-state index in [2.05, 4.69) is 4.98 Å². The molecule has 19 heavy (non-hydrogen) atoms. The Kier molecular flexibility index (Phi) is 4.21. The Morgan fingerprint density at radius 1 is 1.53 bits per heavy atom. The summed E-state index contributed by atoms with van der Waals surface area (Å²) < 4.78 is 19.8. The van der Waals surface area contributed by atoms with Gasteiger partial charge in [-0.25, -0.2) is 14.2 Å². The van der Waals surface area contributed by atoms with Crippen LogP contribution < -0.4 is 5.73 Å². The van der Waals surface area contributed by atoms with E-state index in [0.717, 1.165) is 5.82 Å². The summed E-state index contributed by atoms with van der Waals surface area (Å²) in [6.45, 7) is 0.460. The van der Waals surface area contributed by atoms with E-state index in [4.69, 9.17) is 22.1 Å². The van der Waals surface area contributed by atoms with Crippen molar-refractivity contribution in [3.8, 4) is 0 Å². The number of nitrogens with zero attached hydrogens (tertiary/aromatic N) is 2. The zero-order valence-corrected chi connectivity index (χ0v) is 10.9. The van der Waals surface area contributed by atoms with Crippen LogP contribution in [0.5, 0.6) is 0 Å². The summed E-state index contributed by atoms with van der Waals surface area (Å²) in [5.74, 6) is 0.785. The number of aryl methyl sites for hydroxylation is 1. The number of benzene rings is 1. The number of aromatic nitrogens is 2. The van der Waals surface area contributed by atoms with Crippen LogP contribution in [0.2, 0.25) is 0 Å². The Bertz CT molecular complexity index is 600. The molecule has 1 heterocycles. The molecule has 0 radical (unpaired) electrons. The maximum atomic E-state index is 13.3. The zero-order chi connectivity index (χ0) is 13.8. The van der Waals surface area contributed by atoms with Gasteiger partial charge in [0.1, 0.15) is 18.2 Å². The summed E-state index contributed by atoms with van der Waals surface area (Å²) in [6, 6.07) is 4.35. The van der Waals surface area contributed by atoms with Crippen LogP contribution in [-0.2, 0) is 17.7 Å². The lowest BCUT2D eigenvalue weighted by molar-refractivity contribution is 0.152. The third kappa shape index (κ3) is 3.14. The third-order valence-corrected chi connectivity index (χ3v) is 2.86. The van der Waals surface area contributed by atoms with Crippen molar-refractivity contribution in [3.05, 3.63) is 29.8 Å². The normalized spacial score (nSPS) is 10.8. The highest BCUT2D eigenvalue weighted by Crippen LogP contribution is 2.18. The SMILES string of the molecule is NC(=O)OCCn1c(CCCl)nc2ccc(F)cc21. The number of primary amides is 1. The number of rotatable bonds is 5. The average molecular weight is 286 g/mol. The number of amides is 1. The Morgan fingerprint density at radius 3 is 3.00 bits per heavy atom. The van der Waals surface area contributed by atoms with Gasteiger partial charge in [-0.2, -0.15) is 0 Å². The fourth-order valence-corrected chi connectivity index (χ4v) is 2.08. The smallest absolute Gasteiger partial charge is 0.404 e. The molecule has 1 aromatic heterocycles. The molecule has 1 amide bonds. The summed E-state index contributed by atoms with van der Waals surface area (Å²) in [5, 5.41) is 0. The Balaban J connectivity index is 2.33. The van der Waals surface area contributed by atoms with Gasteiger partial charge in [0.05, 0.1) is 17.6 Å². The molecule has 102 valence electrons. The van der Waals surface area contributed by atoms with E-state index < -0.39 is 6.09 Å². The third-order valence-electron chi connectivity index (χ3n) is 2.67. The number of hydrogen-bond donors (Lipinski definition) is 1. The number of hydrogen-bond acceptors (Lipinski definition) is 3.